The Kier molecular flexibility index (Phi) is 4.63. The fourth-order valence-corrected chi connectivity index (χ4v) is 2.79. The van der Waals surface area contributed by atoms with Crippen LogP contribution in [0.3, 0.4) is 0 Å². The molecule has 0 aliphatic rings. The van der Waals surface area contributed by atoms with Crippen LogP contribution in [0.15, 0.2) is 66.7 Å². The number of amides is 1. The van der Waals surface area contributed by atoms with E-state index in [1.54, 1.807) is 0 Å². The molecule has 23 heavy (non-hydrogen) atoms. The highest BCUT2D eigenvalue weighted by molar-refractivity contribution is 6.30. The third kappa shape index (κ3) is 3.91. The molecule has 3 heteroatoms. The van der Waals surface area contributed by atoms with Gasteiger partial charge in [-0.2, -0.15) is 0 Å². The lowest BCUT2D eigenvalue weighted by molar-refractivity contribution is -0.121. The predicted octanol–water partition coefficient (Wildman–Crippen LogP) is 4.91. The molecule has 3 aromatic rings. The van der Waals surface area contributed by atoms with Crippen LogP contribution in [0.1, 0.15) is 24.1 Å². The van der Waals surface area contributed by atoms with Crippen LogP contribution in [0, 0.1) is 0 Å². The van der Waals surface area contributed by atoms with E-state index in [-0.39, 0.29) is 11.9 Å². The van der Waals surface area contributed by atoms with Gasteiger partial charge in [-0.25, -0.2) is 0 Å². The van der Waals surface area contributed by atoms with Gasteiger partial charge in [0.2, 0.25) is 5.91 Å². The summed E-state index contributed by atoms with van der Waals surface area (Å²) >= 11 is 5.89. The maximum Gasteiger partial charge on any atom is 0.224 e. The highest BCUT2D eigenvalue weighted by Crippen LogP contribution is 2.18. The van der Waals surface area contributed by atoms with Crippen LogP contribution in [0.25, 0.3) is 10.8 Å². The standard InChI is InChI=1S/C20H18ClNO/c1-14(16-8-10-19(21)11-9-16)22-20(23)13-15-6-7-17-4-2-3-5-18(17)12-15/h2-12,14H,13H2,1H3,(H,22,23). The van der Waals surface area contributed by atoms with Crippen LogP contribution in [-0.2, 0) is 11.2 Å². The predicted molar refractivity (Wildman–Crippen MR) is 95.7 cm³/mol. The third-order valence-corrected chi connectivity index (χ3v) is 4.18. The minimum atomic E-state index is -0.0415. The maximum atomic E-state index is 12.3. The van der Waals surface area contributed by atoms with Crippen molar-refractivity contribution in [3.63, 3.8) is 0 Å². The number of rotatable bonds is 4. The van der Waals surface area contributed by atoms with Crippen LogP contribution in [-0.4, -0.2) is 5.91 Å². The maximum absolute atomic E-state index is 12.3. The lowest BCUT2D eigenvalue weighted by Crippen LogP contribution is -2.28. The summed E-state index contributed by atoms with van der Waals surface area (Å²) in [4.78, 5) is 12.3. The Morgan fingerprint density at radius 3 is 2.43 bits per heavy atom. The van der Waals surface area contributed by atoms with Crippen molar-refractivity contribution in [2.75, 3.05) is 0 Å². The topological polar surface area (TPSA) is 29.1 Å². The Bertz CT molecular complexity index is 826. The van der Waals surface area contributed by atoms with E-state index in [0.717, 1.165) is 16.5 Å². The van der Waals surface area contributed by atoms with Crippen molar-refractivity contribution in [3.8, 4) is 0 Å². The van der Waals surface area contributed by atoms with Crippen molar-refractivity contribution in [3.05, 3.63) is 82.9 Å². The first-order valence-corrected chi connectivity index (χ1v) is 8.02. The molecule has 0 fully saturated rings. The van der Waals surface area contributed by atoms with Crippen molar-refractivity contribution in [1.82, 2.24) is 5.32 Å². The first-order chi connectivity index (χ1) is 11.1. The van der Waals surface area contributed by atoms with E-state index in [9.17, 15) is 4.79 Å². The summed E-state index contributed by atoms with van der Waals surface area (Å²) in [6, 6.07) is 21.8. The van der Waals surface area contributed by atoms with Gasteiger partial charge in [-0.3, -0.25) is 4.79 Å². The molecule has 1 N–H and O–H groups in total. The SMILES string of the molecule is CC(NC(=O)Cc1ccc2ccccc2c1)c1ccc(Cl)cc1. The molecule has 0 saturated heterocycles. The summed E-state index contributed by atoms with van der Waals surface area (Å²) in [5.41, 5.74) is 2.06. The van der Waals surface area contributed by atoms with E-state index in [0.29, 0.717) is 11.4 Å². The van der Waals surface area contributed by atoms with Gasteiger partial charge in [-0.1, -0.05) is 66.2 Å². The molecule has 0 aromatic heterocycles. The van der Waals surface area contributed by atoms with Gasteiger partial charge in [0.1, 0.15) is 0 Å². The quantitative estimate of drug-likeness (QED) is 0.726. The van der Waals surface area contributed by atoms with E-state index >= 15 is 0 Å². The summed E-state index contributed by atoms with van der Waals surface area (Å²) in [6.45, 7) is 1.97. The number of carbonyl (C=O) groups is 1. The van der Waals surface area contributed by atoms with Gasteiger partial charge in [0.25, 0.3) is 0 Å². The molecule has 0 saturated carbocycles. The van der Waals surface area contributed by atoms with E-state index in [2.05, 4.69) is 29.6 Å². The summed E-state index contributed by atoms with van der Waals surface area (Å²) in [7, 11) is 0. The first kappa shape index (κ1) is 15.6. The van der Waals surface area contributed by atoms with Crippen molar-refractivity contribution in [2.45, 2.75) is 19.4 Å². The number of hydrogen-bond acceptors (Lipinski definition) is 1. The monoisotopic (exact) mass is 323 g/mol. The molecule has 0 radical (unpaired) electrons. The van der Waals surface area contributed by atoms with Gasteiger partial charge in [-0.15, -0.1) is 0 Å². The van der Waals surface area contributed by atoms with E-state index < -0.39 is 0 Å². The molecule has 1 atom stereocenters. The number of hydrogen-bond donors (Lipinski definition) is 1. The highest BCUT2D eigenvalue weighted by atomic mass is 35.5. The van der Waals surface area contributed by atoms with Gasteiger partial charge >= 0.3 is 0 Å². The molecular formula is C20H18ClNO. The van der Waals surface area contributed by atoms with Crippen LogP contribution in [0.5, 0.6) is 0 Å². The molecule has 0 bridgehead atoms. The van der Waals surface area contributed by atoms with Crippen molar-refractivity contribution in [1.29, 1.82) is 0 Å². The Morgan fingerprint density at radius 1 is 1.00 bits per heavy atom. The average Bonchev–Trinajstić information content (AvgIpc) is 2.55. The van der Waals surface area contributed by atoms with Crippen molar-refractivity contribution < 1.29 is 4.79 Å². The number of benzene rings is 3. The zero-order valence-electron chi connectivity index (χ0n) is 12.9. The Balaban J connectivity index is 1.67. The highest BCUT2D eigenvalue weighted by Gasteiger charge is 2.10. The molecule has 0 aliphatic heterocycles. The lowest BCUT2D eigenvalue weighted by Gasteiger charge is -2.14. The molecule has 3 rings (SSSR count). The normalized spacial score (nSPS) is 12.1. The van der Waals surface area contributed by atoms with Crippen molar-refractivity contribution >= 4 is 28.3 Å². The first-order valence-electron chi connectivity index (χ1n) is 7.64. The molecule has 2 nitrogen and oxygen atoms in total. The second-order valence-corrected chi connectivity index (χ2v) is 6.14. The zero-order chi connectivity index (χ0) is 16.2. The van der Waals surface area contributed by atoms with Gasteiger partial charge in [0, 0.05) is 5.02 Å². The summed E-state index contributed by atoms with van der Waals surface area (Å²) < 4.78 is 0. The van der Waals surface area contributed by atoms with Gasteiger partial charge in [0.05, 0.1) is 12.5 Å². The molecule has 3 aromatic carbocycles. The summed E-state index contributed by atoms with van der Waals surface area (Å²) in [5, 5.41) is 6.07. The molecule has 0 aliphatic carbocycles. The molecule has 1 amide bonds. The Labute approximate surface area is 141 Å². The van der Waals surface area contributed by atoms with Gasteiger partial charge in [0.15, 0.2) is 0 Å². The molecule has 0 heterocycles. The number of carbonyl (C=O) groups excluding carboxylic acids is 1. The molecule has 1 unspecified atom stereocenters. The molecular weight excluding hydrogens is 306 g/mol. The average molecular weight is 324 g/mol. The second-order valence-electron chi connectivity index (χ2n) is 5.70. The Morgan fingerprint density at radius 2 is 1.70 bits per heavy atom. The summed E-state index contributed by atoms with van der Waals surface area (Å²) in [5.74, 6) is 0.0164. The number of fused-ring (bicyclic) bond motifs is 1. The van der Waals surface area contributed by atoms with E-state index in [1.165, 1.54) is 5.39 Å². The van der Waals surface area contributed by atoms with Crippen molar-refractivity contribution in [2.24, 2.45) is 0 Å². The minimum absolute atomic E-state index is 0.0164. The molecule has 116 valence electrons. The van der Waals surface area contributed by atoms with Gasteiger partial charge in [-0.05, 0) is 41.0 Å². The largest absolute Gasteiger partial charge is 0.349 e. The van der Waals surface area contributed by atoms with Crippen LogP contribution < -0.4 is 5.32 Å². The second kappa shape index (κ2) is 6.84. The fourth-order valence-electron chi connectivity index (χ4n) is 2.66. The molecule has 0 spiro atoms. The third-order valence-electron chi connectivity index (χ3n) is 3.93. The number of nitrogens with one attached hydrogen (secondary N) is 1. The Hall–Kier alpha value is -2.32. The summed E-state index contributed by atoms with van der Waals surface area (Å²) in [6.07, 6.45) is 0.378. The smallest absolute Gasteiger partial charge is 0.224 e. The fraction of sp³-hybridized carbons (Fsp3) is 0.150. The van der Waals surface area contributed by atoms with Crippen LogP contribution in [0.4, 0.5) is 0 Å². The van der Waals surface area contributed by atoms with E-state index in [1.807, 2.05) is 49.4 Å². The van der Waals surface area contributed by atoms with Crippen LogP contribution in [0.2, 0.25) is 5.02 Å². The lowest BCUT2D eigenvalue weighted by atomic mass is 10.0. The zero-order valence-corrected chi connectivity index (χ0v) is 13.7. The van der Waals surface area contributed by atoms with E-state index in [4.69, 9.17) is 11.6 Å². The number of halogens is 1. The minimum Gasteiger partial charge on any atom is -0.349 e. The van der Waals surface area contributed by atoms with Gasteiger partial charge < -0.3 is 5.32 Å². The van der Waals surface area contributed by atoms with Crippen LogP contribution >= 0.6 is 11.6 Å².